The van der Waals surface area contributed by atoms with Gasteiger partial charge in [-0.1, -0.05) is 66.2 Å². The largest absolute Gasteiger partial charge is 0.416 e. The molecule has 0 spiro atoms. The maximum atomic E-state index is 13.6. The normalized spacial score (nSPS) is 13.2. The molecule has 3 aromatic carbocycles. The van der Waals surface area contributed by atoms with Crippen LogP contribution >= 0.6 is 11.6 Å². The van der Waals surface area contributed by atoms with Crippen LogP contribution in [0.15, 0.2) is 103 Å². The van der Waals surface area contributed by atoms with Crippen LogP contribution in [0.3, 0.4) is 0 Å². The standard InChI is InChI=1S/C27H20ClF3N2O/c28-23-13-6-10-20(16-23)25(34)33-26(24-14-4-5-15-32-24,18-19-8-2-1-3-9-19)21-11-7-12-22(17-21)27(29,30)31/h1-17H,18H2,(H,33,34). The van der Waals surface area contributed by atoms with Gasteiger partial charge in [-0.05, 0) is 53.6 Å². The number of aromatic nitrogens is 1. The second kappa shape index (κ2) is 9.69. The lowest BCUT2D eigenvalue weighted by atomic mass is 9.79. The zero-order valence-corrected chi connectivity index (χ0v) is 18.6. The van der Waals surface area contributed by atoms with Gasteiger partial charge in [-0.3, -0.25) is 9.78 Å². The molecule has 3 nitrogen and oxygen atoms in total. The number of benzene rings is 3. The molecule has 0 aliphatic carbocycles. The zero-order valence-electron chi connectivity index (χ0n) is 17.9. The lowest BCUT2D eigenvalue weighted by Gasteiger charge is -2.36. The first-order valence-corrected chi connectivity index (χ1v) is 10.9. The van der Waals surface area contributed by atoms with Gasteiger partial charge in [0, 0.05) is 23.2 Å². The van der Waals surface area contributed by atoms with Crippen molar-refractivity contribution < 1.29 is 18.0 Å². The molecule has 34 heavy (non-hydrogen) atoms. The molecule has 1 N–H and O–H groups in total. The van der Waals surface area contributed by atoms with Crippen LogP contribution in [0.4, 0.5) is 13.2 Å². The highest BCUT2D eigenvalue weighted by Gasteiger charge is 2.40. The third-order valence-electron chi connectivity index (χ3n) is 5.51. The van der Waals surface area contributed by atoms with E-state index in [1.807, 2.05) is 30.3 Å². The fraction of sp³-hybridized carbons (Fsp3) is 0.111. The molecule has 172 valence electrons. The lowest BCUT2D eigenvalue weighted by Crippen LogP contribution is -2.49. The van der Waals surface area contributed by atoms with Gasteiger partial charge in [0.15, 0.2) is 0 Å². The molecular weight excluding hydrogens is 461 g/mol. The minimum atomic E-state index is -4.55. The molecule has 1 atom stereocenters. The van der Waals surface area contributed by atoms with E-state index in [0.717, 1.165) is 17.7 Å². The summed E-state index contributed by atoms with van der Waals surface area (Å²) < 4.78 is 40.9. The first-order chi connectivity index (χ1) is 16.3. The van der Waals surface area contributed by atoms with E-state index in [9.17, 15) is 18.0 Å². The quantitative estimate of drug-likeness (QED) is 0.335. The van der Waals surface area contributed by atoms with Crippen LogP contribution in [0.5, 0.6) is 0 Å². The lowest BCUT2D eigenvalue weighted by molar-refractivity contribution is -0.137. The summed E-state index contributed by atoms with van der Waals surface area (Å²) in [6.07, 6.45) is -2.82. The Morgan fingerprint density at radius 3 is 2.21 bits per heavy atom. The number of halogens is 4. The molecule has 0 saturated heterocycles. The molecule has 0 radical (unpaired) electrons. The molecule has 1 heterocycles. The Morgan fingerprint density at radius 1 is 0.824 bits per heavy atom. The van der Waals surface area contributed by atoms with Crippen molar-refractivity contribution in [1.82, 2.24) is 10.3 Å². The number of rotatable bonds is 6. The monoisotopic (exact) mass is 480 g/mol. The molecule has 4 rings (SSSR count). The highest BCUT2D eigenvalue weighted by atomic mass is 35.5. The van der Waals surface area contributed by atoms with Gasteiger partial charge in [0.05, 0.1) is 11.3 Å². The number of carbonyl (C=O) groups is 1. The molecule has 4 aromatic rings. The summed E-state index contributed by atoms with van der Waals surface area (Å²) in [5.74, 6) is -0.485. The van der Waals surface area contributed by atoms with E-state index >= 15 is 0 Å². The third kappa shape index (κ3) is 5.13. The first kappa shape index (κ1) is 23.5. The Balaban J connectivity index is 1.93. The molecule has 1 amide bonds. The predicted octanol–water partition coefficient (Wildman–Crippen LogP) is 6.67. The molecule has 0 saturated carbocycles. The van der Waals surface area contributed by atoms with Crippen LogP contribution in [0, 0.1) is 0 Å². The highest BCUT2D eigenvalue weighted by molar-refractivity contribution is 6.31. The number of amides is 1. The Bertz CT molecular complexity index is 1280. The molecule has 0 fully saturated rings. The van der Waals surface area contributed by atoms with Crippen molar-refractivity contribution in [1.29, 1.82) is 0 Å². The Hall–Kier alpha value is -3.64. The van der Waals surface area contributed by atoms with Crippen LogP contribution in [0.25, 0.3) is 0 Å². The van der Waals surface area contributed by atoms with Crippen LogP contribution in [-0.2, 0) is 18.1 Å². The van der Waals surface area contributed by atoms with E-state index in [4.69, 9.17) is 11.6 Å². The van der Waals surface area contributed by atoms with E-state index in [1.54, 1.807) is 48.7 Å². The molecule has 0 aliphatic heterocycles. The van der Waals surface area contributed by atoms with Crippen molar-refractivity contribution in [3.05, 3.63) is 136 Å². The maximum absolute atomic E-state index is 13.6. The second-order valence-corrected chi connectivity index (χ2v) is 8.26. The minimum absolute atomic E-state index is 0.179. The fourth-order valence-corrected chi connectivity index (χ4v) is 4.09. The summed E-state index contributed by atoms with van der Waals surface area (Å²) in [5.41, 5.74) is -0.419. The van der Waals surface area contributed by atoms with E-state index < -0.39 is 23.2 Å². The molecule has 1 aromatic heterocycles. The SMILES string of the molecule is O=C(NC(Cc1ccccc1)(c1cccc(C(F)(F)F)c1)c1ccccn1)c1cccc(Cl)c1. The number of pyridine rings is 1. The van der Waals surface area contributed by atoms with Crippen molar-refractivity contribution >= 4 is 17.5 Å². The van der Waals surface area contributed by atoms with Gasteiger partial charge >= 0.3 is 6.18 Å². The van der Waals surface area contributed by atoms with E-state index in [0.29, 0.717) is 10.7 Å². The summed E-state index contributed by atoms with van der Waals surface area (Å²) in [7, 11) is 0. The summed E-state index contributed by atoms with van der Waals surface area (Å²) in [4.78, 5) is 17.9. The van der Waals surface area contributed by atoms with Crippen molar-refractivity contribution in [2.75, 3.05) is 0 Å². The molecular formula is C27H20ClF3N2O. The highest BCUT2D eigenvalue weighted by Crippen LogP contribution is 2.37. The number of hydrogen-bond acceptors (Lipinski definition) is 2. The van der Waals surface area contributed by atoms with Crippen LogP contribution in [-0.4, -0.2) is 10.9 Å². The Kier molecular flexibility index (Phi) is 6.70. The molecule has 7 heteroatoms. The van der Waals surface area contributed by atoms with E-state index in [1.165, 1.54) is 12.1 Å². The zero-order chi connectivity index (χ0) is 24.2. The fourth-order valence-electron chi connectivity index (χ4n) is 3.89. The summed E-state index contributed by atoms with van der Waals surface area (Å²) >= 11 is 6.08. The smallest absolute Gasteiger partial charge is 0.337 e. The molecule has 0 bridgehead atoms. The number of carbonyl (C=O) groups excluding carboxylic acids is 1. The third-order valence-corrected chi connectivity index (χ3v) is 5.75. The maximum Gasteiger partial charge on any atom is 0.416 e. The Labute approximate surface area is 200 Å². The van der Waals surface area contributed by atoms with Gasteiger partial charge in [-0.15, -0.1) is 0 Å². The van der Waals surface area contributed by atoms with Crippen molar-refractivity contribution in [3.8, 4) is 0 Å². The summed E-state index contributed by atoms with van der Waals surface area (Å²) in [6.45, 7) is 0. The average molecular weight is 481 g/mol. The number of alkyl halides is 3. The number of nitrogens with one attached hydrogen (secondary N) is 1. The minimum Gasteiger partial charge on any atom is -0.337 e. The van der Waals surface area contributed by atoms with Crippen molar-refractivity contribution in [3.63, 3.8) is 0 Å². The summed E-state index contributed by atoms with van der Waals surface area (Å²) in [6, 6.07) is 25.8. The number of hydrogen-bond donors (Lipinski definition) is 1. The van der Waals surface area contributed by atoms with Crippen LogP contribution < -0.4 is 5.32 Å². The summed E-state index contributed by atoms with van der Waals surface area (Å²) in [5, 5.41) is 3.38. The van der Waals surface area contributed by atoms with Gasteiger partial charge in [0.25, 0.3) is 5.91 Å². The first-order valence-electron chi connectivity index (χ1n) is 10.5. The van der Waals surface area contributed by atoms with E-state index in [2.05, 4.69) is 10.3 Å². The van der Waals surface area contributed by atoms with E-state index in [-0.39, 0.29) is 17.5 Å². The van der Waals surface area contributed by atoms with Gasteiger partial charge in [-0.25, -0.2) is 0 Å². The van der Waals surface area contributed by atoms with Crippen LogP contribution in [0.1, 0.15) is 32.7 Å². The topological polar surface area (TPSA) is 42.0 Å². The number of nitrogens with zero attached hydrogens (tertiary/aromatic N) is 1. The molecule has 1 unspecified atom stereocenters. The second-order valence-electron chi connectivity index (χ2n) is 7.83. The Morgan fingerprint density at radius 2 is 1.53 bits per heavy atom. The van der Waals surface area contributed by atoms with Crippen LogP contribution in [0.2, 0.25) is 5.02 Å². The van der Waals surface area contributed by atoms with Gasteiger partial charge < -0.3 is 5.32 Å². The van der Waals surface area contributed by atoms with Crippen molar-refractivity contribution in [2.24, 2.45) is 0 Å². The van der Waals surface area contributed by atoms with Crippen molar-refractivity contribution in [2.45, 2.75) is 18.1 Å². The van der Waals surface area contributed by atoms with Gasteiger partial charge in [0.1, 0.15) is 5.54 Å². The predicted molar refractivity (Wildman–Crippen MR) is 126 cm³/mol. The van der Waals surface area contributed by atoms with Gasteiger partial charge in [-0.2, -0.15) is 13.2 Å². The average Bonchev–Trinajstić information content (AvgIpc) is 2.84. The van der Waals surface area contributed by atoms with Gasteiger partial charge in [0.2, 0.25) is 0 Å². The molecule has 0 aliphatic rings.